The molecule has 0 saturated heterocycles. The molecule has 2 aromatic rings. The fourth-order valence-electron chi connectivity index (χ4n) is 1.23. The Bertz CT molecular complexity index is 673. The Hall–Kier alpha value is -2.46. The summed E-state index contributed by atoms with van der Waals surface area (Å²) >= 11 is 0.985. The molecule has 2 rings (SSSR count). The number of hydrogen-bond donors (Lipinski definition) is 3. The van der Waals surface area contributed by atoms with Gasteiger partial charge in [0.2, 0.25) is 0 Å². The van der Waals surface area contributed by atoms with E-state index in [2.05, 4.69) is 20.4 Å². The van der Waals surface area contributed by atoms with Crippen molar-refractivity contribution in [2.24, 2.45) is 5.84 Å². The van der Waals surface area contributed by atoms with Gasteiger partial charge in [0.1, 0.15) is 10.8 Å². The van der Waals surface area contributed by atoms with Gasteiger partial charge in [-0.25, -0.2) is 15.8 Å². The van der Waals surface area contributed by atoms with E-state index in [1.807, 2.05) is 0 Å². The summed E-state index contributed by atoms with van der Waals surface area (Å²) in [5, 5.41) is 11.3. The van der Waals surface area contributed by atoms with Crippen molar-refractivity contribution < 1.29 is 4.92 Å². The molecule has 9 nitrogen and oxygen atoms in total. The fraction of sp³-hybridized carbons (Fsp3) is 0. The third-order valence-corrected chi connectivity index (χ3v) is 2.81. The van der Waals surface area contributed by atoms with E-state index in [9.17, 15) is 14.9 Å². The van der Waals surface area contributed by atoms with Gasteiger partial charge < -0.3 is 10.4 Å². The molecular formula is C9H8N6O3S. The van der Waals surface area contributed by atoms with Crippen LogP contribution >= 0.6 is 11.8 Å². The molecule has 4 N–H and O–H groups in total. The molecule has 0 saturated carbocycles. The van der Waals surface area contributed by atoms with Crippen LogP contribution in [-0.2, 0) is 0 Å². The number of hydrazine groups is 1. The van der Waals surface area contributed by atoms with Crippen LogP contribution in [0.15, 0.2) is 39.4 Å². The van der Waals surface area contributed by atoms with Gasteiger partial charge in [0.25, 0.3) is 11.2 Å². The maximum atomic E-state index is 11.1. The Morgan fingerprint density at radius 2 is 2.26 bits per heavy atom. The summed E-state index contributed by atoms with van der Waals surface area (Å²) in [4.78, 5) is 31.7. The first-order valence-electron chi connectivity index (χ1n) is 4.95. The van der Waals surface area contributed by atoms with Crippen LogP contribution in [0.5, 0.6) is 0 Å². The number of aromatic nitrogens is 3. The summed E-state index contributed by atoms with van der Waals surface area (Å²) < 4.78 is 0. The Labute approximate surface area is 110 Å². The number of anilines is 1. The zero-order valence-electron chi connectivity index (χ0n) is 9.36. The van der Waals surface area contributed by atoms with Crippen molar-refractivity contribution in [2.45, 2.75) is 10.2 Å². The van der Waals surface area contributed by atoms with Gasteiger partial charge in [0.05, 0.1) is 11.0 Å². The Balaban J connectivity index is 2.36. The minimum atomic E-state index is -0.562. The van der Waals surface area contributed by atoms with Crippen molar-refractivity contribution in [3.05, 3.63) is 44.9 Å². The van der Waals surface area contributed by atoms with Gasteiger partial charge in [-0.2, -0.15) is 0 Å². The molecule has 0 aliphatic heterocycles. The lowest BCUT2D eigenvalue weighted by molar-refractivity contribution is -0.385. The maximum absolute atomic E-state index is 11.1. The normalized spacial score (nSPS) is 10.2. The number of H-pyrrole nitrogens is 1. The number of hydrogen-bond acceptors (Lipinski definition) is 8. The van der Waals surface area contributed by atoms with E-state index in [4.69, 9.17) is 5.84 Å². The van der Waals surface area contributed by atoms with Crippen LogP contribution in [-0.4, -0.2) is 19.9 Å². The lowest BCUT2D eigenvalue weighted by atomic mass is 10.4. The third-order valence-electron chi connectivity index (χ3n) is 1.99. The van der Waals surface area contributed by atoms with Gasteiger partial charge in [0, 0.05) is 18.3 Å². The summed E-state index contributed by atoms with van der Waals surface area (Å²) in [7, 11) is 0. The quantitative estimate of drug-likeness (QED) is 0.318. The number of nitro groups is 1. The van der Waals surface area contributed by atoms with E-state index in [-0.39, 0.29) is 27.2 Å². The highest BCUT2D eigenvalue weighted by Gasteiger charge is 2.12. The van der Waals surface area contributed by atoms with Gasteiger partial charge >= 0.3 is 0 Å². The molecule has 2 aromatic heterocycles. The van der Waals surface area contributed by atoms with E-state index >= 15 is 0 Å². The number of pyridine rings is 1. The lowest BCUT2D eigenvalue weighted by Crippen LogP contribution is -2.09. The van der Waals surface area contributed by atoms with Crippen molar-refractivity contribution in [3.8, 4) is 0 Å². The van der Waals surface area contributed by atoms with Crippen LogP contribution in [0.1, 0.15) is 0 Å². The maximum Gasteiger partial charge on any atom is 0.275 e. The Morgan fingerprint density at radius 3 is 2.89 bits per heavy atom. The van der Waals surface area contributed by atoms with Crippen molar-refractivity contribution in [1.82, 2.24) is 15.0 Å². The standard InChI is InChI=1S/C9H8N6O3S/c10-14-6-3-5(15(17)18)4-8(12-6)19-9-11-2-1-7(16)13-9/h1-4H,10H2,(H,12,14)(H,11,13,16). The molecule has 0 bridgehead atoms. The average molecular weight is 280 g/mol. The van der Waals surface area contributed by atoms with Gasteiger partial charge in [-0.15, -0.1) is 0 Å². The number of nitrogens with one attached hydrogen (secondary N) is 2. The fourth-order valence-corrected chi connectivity index (χ4v) is 2.01. The summed E-state index contributed by atoms with van der Waals surface area (Å²) in [6.07, 6.45) is 1.33. The second kappa shape index (κ2) is 5.46. The molecule has 0 fully saturated rings. The van der Waals surface area contributed by atoms with E-state index in [0.717, 1.165) is 11.8 Å². The van der Waals surface area contributed by atoms with Gasteiger partial charge in [-0.05, 0) is 11.8 Å². The van der Waals surface area contributed by atoms with Crippen LogP contribution in [0.2, 0.25) is 0 Å². The molecule has 0 aliphatic rings. The molecular weight excluding hydrogens is 272 g/mol. The zero-order chi connectivity index (χ0) is 13.8. The van der Waals surface area contributed by atoms with Crippen LogP contribution in [0.3, 0.4) is 0 Å². The minimum absolute atomic E-state index is 0.148. The first-order chi connectivity index (χ1) is 9.08. The van der Waals surface area contributed by atoms with Gasteiger partial charge in [0.15, 0.2) is 5.16 Å². The largest absolute Gasteiger partial charge is 0.308 e. The second-order valence-electron chi connectivity index (χ2n) is 3.29. The molecule has 0 radical (unpaired) electrons. The SMILES string of the molecule is NNc1cc([N+](=O)[O-])cc(Sc2nccc(=O)[nH]2)n1. The molecule has 0 spiro atoms. The molecule has 0 amide bonds. The second-order valence-corrected chi connectivity index (χ2v) is 4.30. The van der Waals surface area contributed by atoms with Crippen LogP contribution in [0.4, 0.5) is 11.5 Å². The Kier molecular flexibility index (Phi) is 3.73. The first kappa shape index (κ1) is 13.0. The summed E-state index contributed by atoms with van der Waals surface area (Å²) in [6, 6.07) is 3.72. The van der Waals surface area contributed by atoms with Crippen molar-refractivity contribution in [2.75, 3.05) is 5.43 Å². The smallest absolute Gasteiger partial charge is 0.275 e. The van der Waals surface area contributed by atoms with Crippen LogP contribution in [0.25, 0.3) is 0 Å². The number of nitrogens with zero attached hydrogens (tertiary/aromatic N) is 3. The average Bonchev–Trinajstić information content (AvgIpc) is 2.38. The zero-order valence-corrected chi connectivity index (χ0v) is 10.2. The highest BCUT2D eigenvalue weighted by atomic mass is 32.2. The first-order valence-corrected chi connectivity index (χ1v) is 5.76. The predicted molar refractivity (Wildman–Crippen MR) is 67.7 cm³/mol. The van der Waals surface area contributed by atoms with E-state index < -0.39 is 4.92 Å². The number of nitrogens with two attached hydrogens (primary N) is 1. The van der Waals surface area contributed by atoms with E-state index in [1.54, 1.807) is 0 Å². The lowest BCUT2D eigenvalue weighted by Gasteiger charge is -2.03. The van der Waals surface area contributed by atoms with Crippen molar-refractivity contribution in [3.63, 3.8) is 0 Å². The van der Waals surface area contributed by atoms with Crippen LogP contribution in [0, 0.1) is 10.1 Å². The molecule has 0 atom stereocenters. The van der Waals surface area contributed by atoms with Crippen molar-refractivity contribution in [1.29, 1.82) is 0 Å². The molecule has 2 heterocycles. The summed E-state index contributed by atoms with van der Waals surface area (Å²) in [6.45, 7) is 0. The minimum Gasteiger partial charge on any atom is -0.308 e. The molecule has 0 unspecified atom stereocenters. The number of rotatable bonds is 4. The van der Waals surface area contributed by atoms with Crippen LogP contribution < -0.4 is 16.8 Å². The van der Waals surface area contributed by atoms with Crippen molar-refractivity contribution >= 4 is 23.3 Å². The number of aromatic amines is 1. The molecule has 10 heteroatoms. The van der Waals surface area contributed by atoms with Gasteiger partial charge in [-0.1, -0.05) is 0 Å². The third kappa shape index (κ3) is 3.26. The summed E-state index contributed by atoms with van der Waals surface area (Å²) in [5.74, 6) is 5.34. The highest BCUT2D eigenvalue weighted by Crippen LogP contribution is 2.27. The topological polar surface area (TPSA) is 140 Å². The molecule has 19 heavy (non-hydrogen) atoms. The number of nitrogen functional groups attached to an aromatic ring is 1. The highest BCUT2D eigenvalue weighted by molar-refractivity contribution is 7.99. The molecule has 98 valence electrons. The summed E-state index contributed by atoms with van der Waals surface area (Å²) in [5.41, 5.74) is 1.76. The van der Waals surface area contributed by atoms with E-state index in [1.165, 1.54) is 24.4 Å². The molecule has 0 aliphatic carbocycles. The predicted octanol–water partition coefficient (Wildman–Crippen LogP) is 0.510. The van der Waals surface area contributed by atoms with E-state index in [0.29, 0.717) is 0 Å². The monoisotopic (exact) mass is 280 g/mol. The Morgan fingerprint density at radius 1 is 1.47 bits per heavy atom. The van der Waals surface area contributed by atoms with Gasteiger partial charge in [-0.3, -0.25) is 14.9 Å². The molecule has 0 aromatic carbocycles.